The van der Waals surface area contributed by atoms with E-state index in [4.69, 9.17) is 0 Å². The Bertz CT molecular complexity index is 386. The number of carbonyl (C=O) groups is 1. The molecule has 0 N–H and O–H groups in total. The van der Waals surface area contributed by atoms with Crippen LogP contribution in [0.2, 0.25) is 0 Å². The van der Waals surface area contributed by atoms with Gasteiger partial charge >= 0.3 is 0 Å². The second-order valence-corrected chi connectivity index (χ2v) is 4.76. The number of Topliss-reactive ketones (excluding diaryl/α,β-unsaturated/α-hetero) is 1. The molecule has 0 amide bonds. The van der Waals surface area contributed by atoms with Crippen LogP contribution in [-0.4, -0.2) is 32.8 Å². The van der Waals surface area contributed by atoms with Crippen molar-refractivity contribution in [3.05, 3.63) is 18.2 Å². The number of hydrogen-bond donors (Lipinski definition) is 0. The van der Waals surface area contributed by atoms with Crippen molar-refractivity contribution < 1.29 is 4.79 Å². The molecule has 17 heavy (non-hydrogen) atoms. The van der Waals surface area contributed by atoms with E-state index in [-0.39, 0.29) is 6.04 Å². The highest BCUT2D eigenvalue weighted by Crippen LogP contribution is 2.20. The molecule has 1 atom stereocenters. The lowest BCUT2D eigenvalue weighted by Crippen LogP contribution is -2.43. The second-order valence-electron chi connectivity index (χ2n) is 4.76. The van der Waals surface area contributed by atoms with E-state index >= 15 is 0 Å². The number of carbonyl (C=O) groups excluding carboxylic acids is 1. The maximum atomic E-state index is 11.6. The van der Waals surface area contributed by atoms with Crippen LogP contribution in [0.5, 0.6) is 0 Å². The number of aromatic nitrogens is 2. The number of aryl methyl sites for hydroxylation is 1. The van der Waals surface area contributed by atoms with E-state index in [0.717, 1.165) is 26.1 Å². The summed E-state index contributed by atoms with van der Waals surface area (Å²) in [6.07, 6.45) is 7.16. The number of ketones is 1. The van der Waals surface area contributed by atoms with E-state index in [0.29, 0.717) is 5.78 Å². The van der Waals surface area contributed by atoms with Gasteiger partial charge in [0.2, 0.25) is 0 Å². The van der Waals surface area contributed by atoms with Crippen LogP contribution in [0.1, 0.15) is 38.8 Å². The fourth-order valence-electron chi connectivity index (χ4n) is 2.61. The van der Waals surface area contributed by atoms with E-state index in [1.54, 1.807) is 6.92 Å². The summed E-state index contributed by atoms with van der Waals surface area (Å²) in [6.45, 7) is 6.63. The van der Waals surface area contributed by atoms with Gasteiger partial charge in [-0.25, -0.2) is 4.98 Å². The first-order valence-electron chi connectivity index (χ1n) is 6.46. The predicted octanol–water partition coefficient (Wildman–Crippen LogP) is 1.85. The van der Waals surface area contributed by atoms with Crippen LogP contribution >= 0.6 is 0 Å². The van der Waals surface area contributed by atoms with Crippen LogP contribution in [0.3, 0.4) is 0 Å². The zero-order valence-corrected chi connectivity index (χ0v) is 10.7. The first-order valence-corrected chi connectivity index (χ1v) is 6.46. The number of rotatable bonds is 4. The molecule has 0 bridgehead atoms. The van der Waals surface area contributed by atoms with Crippen LogP contribution in [0.4, 0.5) is 0 Å². The van der Waals surface area contributed by atoms with Crippen LogP contribution < -0.4 is 0 Å². The van der Waals surface area contributed by atoms with Crippen molar-refractivity contribution in [2.75, 3.05) is 6.54 Å². The molecule has 4 nitrogen and oxygen atoms in total. The zero-order chi connectivity index (χ0) is 12.3. The molecule has 94 valence electrons. The summed E-state index contributed by atoms with van der Waals surface area (Å²) in [5.41, 5.74) is 1.21. The highest BCUT2D eigenvalue weighted by molar-refractivity contribution is 5.81. The average molecular weight is 235 g/mol. The molecule has 0 radical (unpaired) electrons. The Kier molecular flexibility index (Phi) is 3.94. The monoisotopic (exact) mass is 235 g/mol. The lowest BCUT2D eigenvalue weighted by Gasteiger charge is -2.34. The summed E-state index contributed by atoms with van der Waals surface area (Å²) < 4.78 is 2.14. The van der Waals surface area contributed by atoms with Crippen LogP contribution in [0.15, 0.2) is 12.5 Å². The van der Waals surface area contributed by atoms with E-state index in [1.165, 1.54) is 18.5 Å². The molecule has 1 unspecified atom stereocenters. The van der Waals surface area contributed by atoms with E-state index in [9.17, 15) is 4.79 Å². The Morgan fingerprint density at radius 2 is 2.35 bits per heavy atom. The van der Waals surface area contributed by atoms with Gasteiger partial charge in [0, 0.05) is 19.3 Å². The van der Waals surface area contributed by atoms with Crippen LogP contribution in [0, 0.1) is 0 Å². The summed E-state index contributed by atoms with van der Waals surface area (Å²) in [7, 11) is 0. The summed E-state index contributed by atoms with van der Waals surface area (Å²) in [4.78, 5) is 18.1. The van der Waals surface area contributed by atoms with Gasteiger partial charge in [0.1, 0.15) is 5.78 Å². The van der Waals surface area contributed by atoms with Crippen molar-refractivity contribution in [3.8, 4) is 0 Å². The summed E-state index contributed by atoms with van der Waals surface area (Å²) in [6, 6.07) is 0.115. The Morgan fingerprint density at radius 3 is 3.06 bits per heavy atom. The lowest BCUT2D eigenvalue weighted by molar-refractivity contribution is -0.123. The number of hydrogen-bond acceptors (Lipinski definition) is 3. The third-order valence-corrected chi connectivity index (χ3v) is 3.59. The third kappa shape index (κ3) is 2.75. The Balaban J connectivity index is 2.08. The molecule has 0 aromatic carbocycles. The molecule has 0 spiro atoms. The highest BCUT2D eigenvalue weighted by atomic mass is 16.1. The normalized spacial score (nSPS) is 21.6. The van der Waals surface area contributed by atoms with Crippen molar-refractivity contribution in [3.63, 3.8) is 0 Å². The van der Waals surface area contributed by atoms with Crippen molar-refractivity contribution in [2.45, 2.75) is 52.2 Å². The minimum absolute atomic E-state index is 0.115. The minimum atomic E-state index is 0.115. The van der Waals surface area contributed by atoms with Crippen LogP contribution in [0.25, 0.3) is 0 Å². The number of imidazole rings is 1. The fraction of sp³-hybridized carbons (Fsp3) is 0.692. The summed E-state index contributed by atoms with van der Waals surface area (Å²) in [5.74, 6) is 0.298. The van der Waals surface area contributed by atoms with Gasteiger partial charge < -0.3 is 4.57 Å². The Labute approximate surface area is 103 Å². The highest BCUT2D eigenvalue weighted by Gasteiger charge is 2.26. The van der Waals surface area contributed by atoms with Gasteiger partial charge in [0.15, 0.2) is 0 Å². The molecule has 1 aliphatic rings. The Hall–Kier alpha value is -1.16. The predicted molar refractivity (Wildman–Crippen MR) is 66.6 cm³/mol. The van der Waals surface area contributed by atoms with E-state index < -0.39 is 0 Å². The smallest absolute Gasteiger partial charge is 0.146 e. The molecule has 1 fully saturated rings. The van der Waals surface area contributed by atoms with Gasteiger partial charge in [-0.15, -0.1) is 0 Å². The molecule has 1 aromatic rings. The molecular weight excluding hydrogens is 214 g/mol. The van der Waals surface area contributed by atoms with Crippen molar-refractivity contribution in [1.29, 1.82) is 0 Å². The molecule has 1 saturated heterocycles. The van der Waals surface area contributed by atoms with Gasteiger partial charge in [-0.05, 0) is 33.2 Å². The van der Waals surface area contributed by atoms with Crippen molar-refractivity contribution >= 4 is 5.78 Å². The zero-order valence-electron chi connectivity index (χ0n) is 10.7. The van der Waals surface area contributed by atoms with Gasteiger partial charge in [-0.2, -0.15) is 0 Å². The quantitative estimate of drug-likeness (QED) is 0.799. The first-order chi connectivity index (χ1) is 8.22. The first kappa shape index (κ1) is 12.3. The summed E-state index contributed by atoms with van der Waals surface area (Å²) >= 11 is 0. The average Bonchev–Trinajstić information content (AvgIpc) is 2.77. The van der Waals surface area contributed by atoms with Gasteiger partial charge in [0.05, 0.1) is 18.1 Å². The SMILES string of the molecule is CCn1cncc1CN1CCCCC1C(C)=O. The topological polar surface area (TPSA) is 38.1 Å². The van der Waals surface area contributed by atoms with Gasteiger partial charge in [-0.1, -0.05) is 6.42 Å². The van der Waals surface area contributed by atoms with Gasteiger partial charge in [0.25, 0.3) is 0 Å². The summed E-state index contributed by atoms with van der Waals surface area (Å²) in [5, 5.41) is 0. The van der Waals surface area contributed by atoms with Crippen LogP contribution in [-0.2, 0) is 17.9 Å². The standard InChI is InChI=1S/C13H21N3O/c1-3-15-10-14-8-12(15)9-16-7-5-4-6-13(16)11(2)17/h8,10,13H,3-7,9H2,1-2H3. The number of likely N-dealkylation sites (tertiary alicyclic amines) is 1. The van der Waals surface area contributed by atoms with Crippen molar-refractivity contribution in [2.24, 2.45) is 0 Å². The molecule has 0 saturated carbocycles. The molecule has 4 heteroatoms. The fourth-order valence-corrected chi connectivity index (χ4v) is 2.61. The van der Waals surface area contributed by atoms with E-state index in [2.05, 4.69) is 21.4 Å². The largest absolute Gasteiger partial charge is 0.334 e. The molecule has 0 aliphatic carbocycles. The van der Waals surface area contributed by atoms with E-state index in [1.807, 2.05) is 12.5 Å². The molecule has 2 rings (SSSR count). The minimum Gasteiger partial charge on any atom is -0.334 e. The maximum absolute atomic E-state index is 11.6. The maximum Gasteiger partial charge on any atom is 0.146 e. The molecule has 2 heterocycles. The molecule has 1 aromatic heterocycles. The number of piperidine rings is 1. The molecule has 1 aliphatic heterocycles. The second kappa shape index (κ2) is 5.45. The Morgan fingerprint density at radius 1 is 1.53 bits per heavy atom. The lowest BCUT2D eigenvalue weighted by atomic mass is 9.99. The van der Waals surface area contributed by atoms with Gasteiger partial charge in [-0.3, -0.25) is 9.69 Å². The number of nitrogens with zero attached hydrogens (tertiary/aromatic N) is 3. The molecular formula is C13H21N3O. The third-order valence-electron chi connectivity index (χ3n) is 3.59. The van der Waals surface area contributed by atoms with Crippen molar-refractivity contribution in [1.82, 2.24) is 14.5 Å².